The van der Waals surface area contributed by atoms with Crippen molar-refractivity contribution in [2.24, 2.45) is 5.92 Å². The number of H-pyrrole nitrogens is 1. The molecule has 1 aromatic carbocycles. The molecule has 0 bridgehead atoms. The second kappa shape index (κ2) is 10.3. The predicted molar refractivity (Wildman–Crippen MR) is 120 cm³/mol. The van der Waals surface area contributed by atoms with Crippen molar-refractivity contribution in [2.45, 2.75) is 32.2 Å². The average molecular weight is 438 g/mol. The van der Waals surface area contributed by atoms with Crippen LogP contribution in [0.4, 0.5) is 9.18 Å². The van der Waals surface area contributed by atoms with Crippen LogP contribution in [0, 0.1) is 11.7 Å². The smallest absolute Gasteiger partial charge is 0.317 e. The predicted octanol–water partition coefficient (Wildman–Crippen LogP) is 4.17. The Morgan fingerprint density at radius 3 is 2.91 bits per heavy atom. The molecule has 32 heavy (non-hydrogen) atoms. The summed E-state index contributed by atoms with van der Waals surface area (Å²) < 4.78 is 19.0. The normalized spacial score (nSPS) is 13.1. The van der Waals surface area contributed by atoms with Crippen LogP contribution in [0.5, 0.6) is 5.88 Å². The molecule has 7 nitrogen and oxygen atoms in total. The van der Waals surface area contributed by atoms with Crippen LogP contribution >= 0.6 is 0 Å². The fraction of sp³-hybridized carbons (Fsp3) is 0.375. The quantitative estimate of drug-likeness (QED) is 0.499. The molecule has 1 aliphatic carbocycles. The lowest BCUT2D eigenvalue weighted by atomic mass is 10.1. The number of nitrogens with one attached hydrogen (secondary N) is 2. The number of hydrogen-bond donors (Lipinski definition) is 2. The molecule has 0 spiro atoms. The molecule has 0 aliphatic heterocycles. The summed E-state index contributed by atoms with van der Waals surface area (Å²) in [6, 6.07) is 11.9. The summed E-state index contributed by atoms with van der Waals surface area (Å²) in [5, 5.41) is 10.1. The van der Waals surface area contributed by atoms with Crippen LogP contribution in [-0.4, -0.2) is 46.3 Å². The first kappa shape index (κ1) is 21.8. The van der Waals surface area contributed by atoms with Crippen molar-refractivity contribution < 1.29 is 13.9 Å². The molecule has 2 aromatic heterocycles. The zero-order chi connectivity index (χ0) is 22.3. The first-order valence-electron chi connectivity index (χ1n) is 10.9. The van der Waals surface area contributed by atoms with Gasteiger partial charge in [0.2, 0.25) is 5.88 Å². The Morgan fingerprint density at radius 2 is 2.16 bits per heavy atom. The number of benzene rings is 1. The Balaban J connectivity index is 1.16. The fourth-order valence-electron chi connectivity index (χ4n) is 3.29. The summed E-state index contributed by atoms with van der Waals surface area (Å²) in [7, 11) is 1.77. The van der Waals surface area contributed by atoms with E-state index in [1.165, 1.54) is 25.0 Å². The first-order valence-corrected chi connectivity index (χ1v) is 10.9. The number of pyridine rings is 1. The van der Waals surface area contributed by atoms with Crippen LogP contribution in [0.2, 0.25) is 0 Å². The van der Waals surface area contributed by atoms with Crippen molar-refractivity contribution in [3.63, 3.8) is 0 Å². The minimum absolute atomic E-state index is 0.135. The van der Waals surface area contributed by atoms with Crippen LogP contribution in [0.15, 0.2) is 48.7 Å². The number of ether oxygens (including phenoxy) is 1. The van der Waals surface area contributed by atoms with Gasteiger partial charge >= 0.3 is 6.03 Å². The summed E-state index contributed by atoms with van der Waals surface area (Å²) in [6.45, 7) is 1.75. The zero-order valence-corrected chi connectivity index (χ0v) is 18.2. The van der Waals surface area contributed by atoms with Crippen LogP contribution in [-0.2, 0) is 13.0 Å². The molecule has 2 heterocycles. The Labute approximate surface area is 187 Å². The lowest BCUT2D eigenvalue weighted by Crippen LogP contribution is -2.37. The molecule has 2 amide bonds. The summed E-state index contributed by atoms with van der Waals surface area (Å²) in [6.07, 6.45) is 5.75. The average Bonchev–Trinajstić information content (AvgIpc) is 3.52. The van der Waals surface area contributed by atoms with Crippen molar-refractivity contribution in [3.05, 3.63) is 65.7 Å². The number of hydrogen-bond acceptors (Lipinski definition) is 4. The number of aromatic nitrogens is 3. The number of aromatic amines is 1. The van der Waals surface area contributed by atoms with Gasteiger partial charge in [-0.05, 0) is 55.4 Å². The summed E-state index contributed by atoms with van der Waals surface area (Å²) in [5.74, 6) is 1.03. The highest BCUT2D eigenvalue weighted by Crippen LogP contribution is 2.29. The highest BCUT2D eigenvalue weighted by Gasteiger charge is 2.22. The molecule has 1 fully saturated rings. The number of rotatable bonds is 10. The topological polar surface area (TPSA) is 83.1 Å². The van der Waals surface area contributed by atoms with Crippen LogP contribution in [0.25, 0.3) is 11.3 Å². The van der Waals surface area contributed by atoms with E-state index in [1.54, 1.807) is 24.2 Å². The van der Waals surface area contributed by atoms with Crippen molar-refractivity contribution in [3.8, 4) is 17.1 Å². The van der Waals surface area contributed by atoms with Gasteiger partial charge in [-0.25, -0.2) is 14.2 Å². The molecule has 3 aromatic rings. The Morgan fingerprint density at radius 1 is 1.28 bits per heavy atom. The van der Waals surface area contributed by atoms with Crippen LogP contribution < -0.4 is 10.1 Å². The third-order valence-corrected chi connectivity index (χ3v) is 5.44. The Hall–Kier alpha value is -3.42. The van der Waals surface area contributed by atoms with Crippen molar-refractivity contribution in [2.75, 3.05) is 20.2 Å². The van der Waals surface area contributed by atoms with Gasteiger partial charge < -0.3 is 15.0 Å². The zero-order valence-electron chi connectivity index (χ0n) is 18.2. The highest BCUT2D eigenvalue weighted by atomic mass is 19.1. The largest absolute Gasteiger partial charge is 0.477 e. The summed E-state index contributed by atoms with van der Waals surface area (Å²) in [4.78, 5) is 18.3. The molecule has 0 atom stereocenters. The number of carbonyl (C=O) groups is 1. The van der Waals surface area contributed by atoms with Crippen molar-refractivity contribution in [1.29, 1.82) is 0 Å². The van der Waals surface area contributed by atoms with Crippen molar-refractivity contribution in [1.82, 2.24) is 25.4 Å². The van der Waals surface area contributed by atoms with Gasteiger partial charge in [0.1, 0.15) is 5.82 Å². The maximum Gasteiger partial charge on any atom is 0.317 e. The molecular formula is C24H28FN5O2. The number of aryl methyl sites for hydroxylation is 1. The van der Waals surface area contributed by atoms with Gasteiger partial charge in [-0.3, -0.25) is 5.10 Å². The molecule has 1 saturated carbocycles. The monoisotopic (exact) mass is 437 g/mol. The molecule has 1 aliphatic rings. The first-order chi connectivity index (χ1) is 15.6. The molecule has 168 valence electrons. The van der Waals surface area contributed by atoms with Gasteiger partial charge in [-0.1, -0.05) is 18.2 Å². The minimum Gasteiger partial charge on any atom is -0.477 e. The van der Waals surface area contributed by atoms with E-state index in [4.69, 9.17) is 4.74 Å². The second-order valence-corrected chi connectivity index (χ2v) is 8.23. The van der Waals surface area contributed by atoms with E-state index in [2.05, 4.69) is 20.5 Å². The lowest BCUT2D eigenvalue weighted by molar-refractivity contribution is 0.208. The third kappa shape index (κ3) is 6.29. The summed E-state index contributed by atoms with van der Waals surface area (Å²) in [5.41, 5.74) is 3.32. The molecule has 8 heteroatoms. The van der Waals surface area contributed by atoms with Crippen molar-refractivity contribution >= 4 is 6.03 Å². The van der Waals surface area contributed by atoms with E-state index < -0.39 is 0 Å². The maximum atomic E-state index is 13.4. The van der Waals surface area contributed by atoms with Gasteiger partial charge in [-0.15, -0.1) is 0 Å². The SMILES string of the molecule is CN(CCCc1cc(-c2cccc(F)c2)n[nH]1)C(=O)NCc1ccc(OCC2CC2)nc1. The molecular weight excluding hydrogens is 409 g/mol. The number of carbonyl (C=O) groups excluding carboxylic acids is 1. The second-order valence-electron chi connectivity index (χ2n) is 8.23. The third-order valence-electron chi connectivity index (χ3n) is 5.44. The van der Waals surface area contributed by atoms with Gasteiger partial charge in [-0.2, -0.15) is 5.10 Å². The van der Waals surface area contributed by atoms with Gasteiger partial charge in [0.15, 0.2) is 0 Å². The Kier molecular flexibility index (Phi) is 6.99. The van der Waals surface area contributed by atoms with E-state index in [1.807, 2.05) is 24.3 Å². The van der Waals surface area contributed by atoms with E-state index in [9.17, 15) is 9.18 Å². The highest BCUT2D eigenvalue weighted by molar-refractivity contribution is 5.73. The molecule has 2 N–H and O–H groups in total. The van der Waals surface area contributed by atoms with Crippen LogP contribution in [0.3, 0.4) is 0 Å². The molecule has 0 saturated heterocycles. The summed E-state index contributed by atoms with van der Waals surface area (Å²) >= 11 is 0. The van der Waals surface area contributed by atoms with E-state index in [-0.39, 0.29) is 11.8 Å². The fourth-order valence-corrected chi connectivity index (χ4v) is 3.29. The van der Waals surface area contributed by atoms with Gasteiger partial charge in [0.05, 0.1) is 12.3 Å². The van der Waals surface area contributed by atoms with E-state index >= 15 is 0 Å². The van der Waals surface area contributed by atoms with Gasteiger partial charge in [0.25, 0.3) is 0 Å². The lowest BCUT2D eigenvalue weighted by Gasteiger charge is -2.17. The maximum absolute atomic E-state index is 13.4. The van der Waals surface area contributed by atoms with Gasteiger partial charge in [0, 0.05) is 43.7 Å². The molecule has 0 radical (unpaired) electrons. The van der Waals surface area contributed by atoms with E-state index in [0.29, 0.717) is 30.6 Å². The van der Waals surface area contributed by atoms with Crippen LogP contribution in [0.1, 0.15) is 30.5 Å². The molecule has 0 unspecified atom stereocenters. The minimum atomic E-state index is -0.284. The number of nitrogens with zero attached hydrogens (tertiary/aromatic N) is 3. The number of halogens is 1. The number of urea groups is 1. The number of amides is 2. The van der Waals surface area contributed by atoms with E-state index in [0.717, 1.165) is 36.3 Å². The standard InChI is InChI=1S/C24H28FN5O2/c1-30(11-3-6-21-13-22(29-28-21)19-4-2-5-20(25)12-19)24(31)27-15-18-9-10-23(26-14-18)32-16-17-7-8-17/h2,4-5,9-10,12-14,17H,3,6-8,11,15-16H2,1H3,(H,27,31)(H,28,29). The Bertz CT molecular complexity index is 1030. The molecule has 4 rings (SSSR count).